The van der Waals surface area contributed by atoms with Crippen molar-refractivity contribution in [3.63, 3.8) is 0 Å². The van der Waals surface area contributed by atoms with Crippen molar-refractivity contribution in [1.29, 1.82) is 0 Å². The summed E-state index contributed by atoms with van der Waals surface area (Å²) in [5, 5.41) is 3.78. The van der Waals surface area contributed by atoms with Gasteiger partial charge in [0.15, 0.2) is 12.1 Å². The summed E-state index contributed by atoms with van der Waals surface area (Å²) in [6.45, 7) is 3.29. The van der Waals surface area contributed by atoms with Crippen LogP contribution in [-0.2, 0) is 22.3 Å². The summed E-state index contributed by atoms with van der Waals surface area (Å²) in [7, 11) is 0. The lowest BCUT2D eigenvalue weighted by Gasteiger charge is -2.03. The number of hydrogen-bond acceptors (Lipinski definition) is 5. The van der Waals surface area contributed by atoms with Crippen molar-refractivity contribution < 1.29 is 14.0 Å². The average Bonchev–Trinajstić information content (AvgIpc) is 2.76. The van der Waals surface area contributed by atoms with Crippen molar-refractivity contribution in [1.82, 2.24) is 10.1 Å². The smallest absolute Gasteiger partial charge is 0.231 e. The van der Waals surface area contributed by atoms with Gasteiger partial charge in [-0.05, 0) is 0 Å². The van der Waals surface area contributed by atoms with Gasteiger partial charge in [0.2, 0.25) is 5.89 Å². The summed E-state index contributed by atoms with van der Waals surface area (Å²) in [4.78, 5) is 4.15. The third-order valence-corrected chi connectivity index (χ3v) is 1.86. The van der Waals surface area contributed by atoms with Gasteiger partial charge in [0.25, 0.3) is 0 Å². The van der Waals surface area contributed by atoms with Gasteiger partial charge < -0.3 is 14.0 Å². The normalized spacial score (nSPS) is 18.2. The molecule has 1 aromatic heterocycles. The third kappa shape index (κ3) is 2.05. The van der Waals surface area contributed by atoms with Crippen molar-refractivity contribution in [3.8, 4) is 0 Å². The average molecular weight is 184 g/mol. The fourth-order valence-corrected chi connectivity index (χ4v) is 1.18. The molecule has 5 heteroatoms. The number of ether oxygens (including phenoxy) is 2. The first kappa shape index (κ1) is 8.65. The monoisotopic (exact) mass is 184 g/mol. The Bertz CT molecular complexity index is 268. The van der Waals surface area contributed by atoms with Crippen LogP contribution in [0.3, 0.4) is 0 Å². The van der Waals surface area contributed by atoms with E-state index in [1.165, 1.54) is 0 Å². The first-order valence-electron chi connectivity index (χ1n) is 4.43. The van der Waals surface area contributed by atoms with Gasteiger partial charge in [-0.2, -0.15) is 4.98 Å². The van der Waals surface area contributed by atoms with Crippen LogP contribution in [0.4, 0.5) is 0 Å². The van der Waals surface area contributed by atoms with Gasteiger partial charge in [0, 0.05) is 6.42 Å². The van der Waals surface area contributed by atoms with E-state index < -0.39 is 0 Å². The molecule has 1 saturated heterocycles. The van der Waals surface area contributed by atoms with Crippen LogP contribution in [0.2, 0.25) is 0 Å². The highest BCUT2D eigenvalue weighted by Crippen LogP contribution is 2.10. The molecule has 0 atom stereocenters. The van der Waals surface area contributed by atoms with Gasteiger partial charge >= 0.3 is 0 Å². The molecule has 0 unspecified atom stereocenters. The van der Waals surface area contributed by atoms with Gasteiger partial charge in [-0.1, -0.05) is 12.1 Å². The van der Waals surface area contributed by atoms with Crippen molar-refractivity contribution in [2.24, 2.45) is 0 Å². The van der Waals surface area contributed by atoms with E-state index >= 15 is 0 Å². The molecule has 1 aliphatic heterocycles. The lowest BCUT2D eigenvalue weighted by Crippen LogP contribution is -2.11. The molecule has 0 bridgehead atoms. The van der Waals surface area contributed by atoms with Gasteiger partial charge in [0.1, 0.15) is 0 Å². The van der Waals surface area contributed by atoms with Crippen LogP contribution < -0.4 is 0 Å². The van der Waals surface area contributed by atoms with E-state index in [-0.39, 0.29) is 6.29 Å². The molecule has 1 fully saturated rings. The first-order chi connectivity index (χ1) is 6.38. The number of hydrogen-bond donors (Lipinski definition) is 0. The largest absolute Gasteiger partial charge is 0.350 e. The predicted molar refractivity (Wildman–Crippen MR) is 43.1 cm³/mol. The zero-order valence-electron chi connectivity index (χ0n) is 7.52. The van der Waals surface area contributed by atoms with Crippen molar-refractivity contribution in [3.05, 3.63) is 11.7 Å². The Kier molecular flexibility index (Phi) is 2.56. The first-order valence-corrected chi connectivity index (χ1v) is 4.43. The Morgan fingerprint density at radius 2 is 2.15 bits per heavy atom. The molecule has 1 aliphatic rings. The van der Waals surface area contributed by atoms with E-state index in [9.17, 15) is 0 Å². The van der Waals surface area contributed by atoms with Crippen LogP contribution in [-0.4, -0.2) is 29.6 Å². The number of aromatic nitrogens is 2. The second kappa shape index (κ2) is 3.85. The molecular weight excluding hydrogens is 172 g/mol. The molecule has 1 aromatic rings. The fraction of sp³-hybridized carbons (Fsp3) is 0.750. The molecule has 5 nitrogen and oxygen atoms in total. The van der Waals surface area contributed by atoms with Crippen molar-refractivity contribution in [2.45, 2.75) is 26.1 Å². The molecule has 13 heavy (non-hydrogen) atoms. The zero-order valence-corrected chi connectivity index (χ0v) is 7.52. The van der Waals surface area contributed by atoms with Crippen LogP contribution in [0, 0.1) is 0 Å². The highest BCUT2D eigenvalue weighted by molar-refractivity contribution is 4.86. The maximum atomic E-state index is 5.25. The second-order valence-electron chi connectivity index (χ2n) is 2.83. The summed E-state index contributed by atoms with van der Waals surface area (Å²) in [6, 6.07) is 0. The molecule has 2 heterocycles. The molecule has 0 aromatic carbocycles. The predicted octanol–water partition coefficient (Wildman–Crippen LogP) is 0.547. The van der Waals surface area contributed by atoms with Crippen molar-refractivity contribution >= 4 is 0 Å². The van der Waals surface area contributed by atoms with E-state index in [1.807, 2.05) is 6.92 Å². The highest BCUT2D eigenvalue weighted by atomic mass is 16.7. The van der Waals surface area contributed by atoms with E-state index in [0.717, 1.165) is 12.2 Å². The summed E-state index contributed by atoms with van der Waals surface area (Å²) < 4.78 is 15.5. The molecule has 0 N–H and O–H groups in total. The molecule has 0 saturated carbocycles. The molecule has 0 amide bonds. The minimum Gasteiger partial charge on any atom is -0.350 e. The minimum absolute atomic E-state index is 0.204. The van der Waals surface area contributed by atoms with E-state index in [4.69, 9.17) is 14.0 Å². The highest BCUT2D eigenvalue weighted by Gasteiger charge is 2.19. The standard InChI is InChI=1S/C8H12N2O3/c1-2-6-9-7(13-10-6)5-8-11-3-4-12-8/h8H,2-5H2,1H3. The van der Waals surface area contributed by atoms with Crippen LogP contribution in [0.25, 0.3) is 0 Å². The van der Waals surface area contributed by atoms with Crippen LogP contribution >= 0.6 is 0 Å². The van der Waals surface area contributed by atoms with Crippen LogP contribution in [0.15, 0.2) is 4.52 Å². The molecule has 72 valence electrons. The van der Waals surface area contributed by atoms with Crippen LogP contribution in [0.5, 0.6) is 0 Å². The number of nitrogens with zero attached hydrogens (tertiary/aromatic N) is 2. The van der Waals surface area contributed by atoms with Gasteiger partial charge in [-0.3, -0.25) is 0 Å². The third-order valence-electron chi connectivity index (χ3n) is 1.86. The summed E-state index contributed by atoms with van der Waals surface area (Å²) in [5.41, 5.74) is 0. The number of rotatable bonds is 3. The zero-order chi connectivity index (χ0) is 9.10. The van der Waals surface area contributed by atoms with E-state index in [1.54, 1.807) is 0 Å². The lowest BCUT2D eigenvalue weighted by atomic mass is 10.4. The van der Waals surface area contributed by atoms with Crippen LogP contribution in [0.1, 0.15) is 18.6 Å². The maximum Gasteiger partial charge on any atom is 0.231 e. The van der Waals surface area contributed by atoms with Gasteiger partial charge in [0.05, 0.1) is 19.6 Å². The second-order valence-corrected chi connectivity index (χ2v) is 2.83. The molecule has 2 rings (SSSR count). The lowest BCUT2D eigenvalue weighted by molar-refractivity contribution is -0.0445. The minimum atomic E-state index is -0.204. The quantitative estimate of drug-likeness (QED) is 0.686. The van der Waals surface area contributed by atoms with E-state index in [2.05, 4.69) is 10.1 Å². The summed E-state index contributed by atoms with van der Waals surface area (Å²) in [6.07, 6.45) is 1.13. The Morgan fingerprint density at radius 1 is 1.38 bits per heavy atom. The SMILES string of the molecule is CCc1noc(CC2OCCO2)n1. The Balaban J connectivity index is 1.92. The topological polar surface area (TPSA) is 57.4 Å². The summed E-state index contributed by atoms with van der Waals surface area (Å²) >= 11 is 0. The molecule has 0 radical (unpaired) electrons. The fourth-order valence-electron chi connectivity index (χ4n) is 1.18. The molecule has 0 spiro atoms. The number of aryl methyl sites for hydroxylation is 1. The van der Waals surface area contributed by atoms with Crippen molar-refractivity contribution in [2.75, 3.05) is 13.2 Å². The van der Waals surface area contributed by atoms with E-state index in [0.29, 0.717) is 25.5 Å². The Morgan fingerprint density at radius 3 is 2.77 bits per heavy atom. The molecular formula is C8H12N2O3. The van der Waals surface area contributed by atoms with Gasteiger partial charge in [-0.25, -0.2) is 0 Å². The van der Waals surface area contributed by atoms with Gasteiger partial charge in [-0.15, -0.1) is 0 Å². The Labute approximate surface area is 76.0 Å². The molecule has 0 aliphatic carbocycles. The maximum absolute atomic E-state index is 5.25. The Hall–Kier alpha value is -0.940. The summed E-state index contributed by atoms with van der Waals surface area (Å²) in [5.74, 6) is 1.32.